The van der Waals surface area contributed by atoms with E-state index in [1.165, 1.54) is 93.1 Å². The molecule has 0 saturated carbocycles. The van der Waals surface area contributed by atoms with Gasteiger partial charge in [-0.15, -0.1) is 0 Å². The van der Waals surface area contributed by atoms with Crippen molar-refractivity contribution in [3.05, 3.63) is 267 Å². The van der Waals surface area contributed by atoms with Gasteiger partial charge in [0.15, 0.2) is 0 Å². The van der Waals surface area contributed by atoms with Crippen molar-refractivity contribution in [1.82, 2.24) is 4.57 Å². The van der Waals surface area contributed by atoms with Crippen LogP contribution in [0.5, 0.6) is 0 Å². The van der Waals surface area contributed by atoms with E-state index in [2.05, 4.69) is 276 Å². The third kappa shape index (κ3) is 6.82. The summed E-state index contributed by atoms with van der Waals surface area (Å²) in [6.45, 7) is 0. The number of hydrogen-bond acceptors (Lipinski definition) is 1. The van der Waals surface area contributed by atoms with E-state index in [0.29, 0.717) is 0 Å². The lowest BCUT2D eigenvalue weighted by molar-refractivity contribution is 1.19. The zero-order valence-corrected chi connectivity index (χ0v) is 37.3. The Kier molecular flexibility index (Phi) is 9.54. The van der Waals surface area contributed by atoms with E-state index in [0.717, 1.165) is 28.3 Å². The first-order valence-electron chi connectivity index (χ1n) is 23.4. The minimum Gasteiger partial charge on any atom is -0.310 e. The Hall–Kier alpha value is -8.98. The number of nitrogens with zero attached hydrogens (tertiary/aromatic N) is 2. The molecule has 1 aromatic heterocycles. The fourth-order valence-electron chi connectivity index (χ4n) is 10.5. The average molecular weight is 865 g/mol. The van der Waals surface area contributed by atoms with Crippen LogP contribution in [0.15, 0.2) is 267 Å². The molecule has 0 aliphatic heterocycles. The number of fused-ring (bicyclic) bond motifs is 7. The second-order valence-corrected chi connectivity index (χ2v) is 17.7. The molecule has 0 aliphatic rings. The van der Waals surface area contributed by atoms with Gasteiger partial charge in [0.2, 0.25) is 0 Å². The van der Waals surface area contributed by atoms with Crippen LogP contribution in [-0.4, -0.2) is 4.57 Å². The number of benzene rings is 12. The quantitative estimate of drug-likeness (QED) is 0.148. The molecule has 13 aromatic rings. The number of hydrogen-bond donors (Lipinski definition) is 0. The highest BCUT2D eigenvalue weighted by Gasteiger charge is 2.20. The molecule has 13 rings (SSSR count). The van der Waals surface area contributed by atoms with Crippen molar-refractivity contribution in [2.24, 2.45) is 0 Å². The fraction of sp³-hybridized carbons (Fsp3) is 0. The maximum Gasteiger partial charge on any atom is 0.0619 e. The fourth-order valence-corrected chi connectivity index (χ4v) is 10.5. The van der Waals surface area contributed by atoms with Gasteiger partial charge in [0.05, 0.1) is 11.0 Å². The lowest BCUT2D eigenvalue weighted by Crippen LogP contribution is -2.10. The summed E-state index contributed by atoms with van der Waals surface area (Å²) in [5, 5.41) is 9.97. The summed E-state index contributed by atoms with van der Waals surface area (Å²) >= 11 is 0. The Labute approximate surface area is 395 Å². The minimum atomic E-state index is 1.09. The summed E-state index contributed by atoms with van der Waals surface area (Å²) in [5.74, 6) is 0. The van der Waals surface area contributed by atoms with Gasteiger partial charge in [0.1, 0.15) is 0 Å². The Bertz CT molecular complexity index is 3990. The lowest BCUT2D eigenvalue weighted by atomic mass is 9.96. The zero-order valence-electron chi connectivity index (χ0n) is 37.3. The van der Waals surface area contributed by atoms with Crippen molar-refractivity contribution >= 4 is 71.2 Å². The molecular formula is C66H44N2. The van der Waals surface area contributed by atoms with Crippen molar-refractivity contribution in [3.8, 4) is 50.2 Å². The Morgan fingerprint density at radius 1 is 0.265 bits per heavy atom. The number of rotatable bonds is 8. The summed E-state index contributed by atoms with van der Waals surface area (Å²) in [6.07, 6.45) is 0. The van der Waals surface area contributed by atoms with Crippen LogP contribution >= 0.6 is 0 Å². The van der Waals surface area contributed by atoms with Gasteiger partial charge in [-0.2, -0.15) is 0 Å². The molecular weight excluding hydrogens is 821 g/mol. The maximum absolute atomic E-state index is 2.45. The van der Waals surface area contributed by atoms with Crippen LogP contribution in [0.2, 0.25) is 0 Å². The van der Waals surface area contributed by atoms with Crippen LogP contribution in [0.25, 0.3) is 104 Å². The van der Waals surface area contributed by atoms with E-state index >= 15 is 0 Å². The SMILES string of the molecule is c1ccc(-n2c3cccc(-c4cccc(N(c5ccc(-c6ccc(-c7cccc8ccccc78)cc6)cc5)c5ccc(-c6ccc7ccccc7c6)cc5)c4)c3c3ccc4ccccc4c32)cc1. The average Bonchev–Trinajstić information content (AvgIpc) is 3.77. The minimum absolute atomic E-state index is 1.09. The third-order valence-corrected chi connectivity index (χ3v) is 13.8. The number of anilines is 3. The highest BCUT2D eigenvalue weighted by atomic mass is 15.1. The van der Waals surface area contributed by atoms with Gasteiger partial charge in [0, 0.05) is 38.9 Å². The first-order valence-corrected chi connectivity index (χ1v) is 23.4. The normalized spacial score (nSPS) is 11.5. The van der Waals surface area contributed by atoms with E-state index in [9.17, 15) is 0 Å². The molecule has 1 heterocycles. The van der Waals surface area contributed by atoms with Crippen molar-refractivity contribution in [3.63, 3.8) is 0 Å². The van der Waals surface area contributed by atoms with Gasteiger partial charge < -0.3 is 9.47 Å². The summed E-state index contributed by atoms with van der Waals surface area (Å²) in [5.41, 5.74) is 16.4. The molecule has 68 heavy (non-hydrogen) atoms. The van der Waals surface area contributed by atoms with Crippen molar-refractivity contribution in [2.45, 2.75) is 0 Å². The molecule has 0 atom stereocenters. The molecule has 0 N–H and O–H groups in total. The standard InChI is InChI=1S/C66H44N2/c1-2-19-55(20-3-1)68-64-26-12-25-61(65(64)63-42-37-50-15-7-9-23-62(50)66(63)68)54-18-10-21-58(44-54)67(57-40-35-48(36-41-57)53-32-29-45-13-4-5-16-52(45)43-53)56-38-33-47(34-39-56)46-27-30-51(31-28-46)60-24-11-17-49-14-6-8-22-59(49)60/h1-44H. The smallest absolute Gasteiger partial charge is 0.0619 e. The van der Waals surface area contributed by atoms with Crippen molar-refractivity contribution < 1.29 is 0 Å². The van der Waals surface area contributed by atoms with Crippen molar-refractivity contribution in [2.75, 3.05) is 4.90 Å². The second-order valence-electron chi connectivity index (χ2n) is 17.7. The molecule has 12 aromatic carbocycles. The molecule has 0 spiro atoms. The van der Waals surface area contributed by atoms with Crippen molar-refractivity contribution in [1.29, 1.82) is 0 Å². The highest BCUT2D eigenvalue weighted by Crippen LogP contribution is 2.44. The molecule has 0 bridgehead atoms. The molecule has 2 heteroatoms. The summed E-state index contributed by atoms with van der Waals surface area (Å²) in [4.78, 5) is 2.39. The maximum atomic E-state index is 2.45. The monoisotopic (exact) mass is 864 g/mol. The van der Waals surface area contributed by atoms with Crippen LogP contribution in [0.3, 0.4) is 0 Å². The predicted molar refractivity (Wildman–Crippen MR) is 290 cm³/mol. The van der Waals surface area contributed by atoms with Gasteiger partial charge in [-0.1, -0.05) is 206 Å². The molecule has 0 radical (unpaired) electrons. The van der Waals surface area contributed by atoms with Gasteiger partial charge in [-0.05, 0) is 132 Å². The van der Waals surface area contributed by atoms with Crippen LogP contribution in [0, 0.1) is 0 Å². The number of para-hydroxylation sites is 1. The van der Waals surface area contributed by atoms with Gasteiger partial charge in [-0.3, -0.25) is 0 Å². The summed E-state index contributed by atoms with van der Waals surface area (Å²) in [6, 6.07) is 97.5. The molecule has 0 unspecified atom stereocenters. The number of aromatic nitrogens is 1. The Balaban J connectivity index is 0.924. The Morgan fingerprint density at radius 3 is 1.54 bits per heavy atom. The molecule has 318 valence electrons. The highest BCUT2D eigenvalue weighted by molar-refractivity contribution is 6.22. The van der Waals surface area contributed by atoms with Gasteiger partial charge in [-0.25, -0.2) is 0 Å². The Morgan fingerprint density at radius 2 is 0.794 bits per heavy atom. The first kappa shape index (κ1) is 39.4. The van der Waals surface area contributed by atoms with Gasteiger partial charge >= 0.3 is 0 Å². The molecule has 0 aliphatic carbocycles. The first-order chi connectivity index (χ1) is 33.7. The van der Waals surface area contributed by atoms with Crippen LogP contribution in [0.1, 0.15) is 0 Å². The van der Waals surface area contributed by atoms with E-state index in [4.69, 9.17) is 0 Å². The topological polar surface area (TPSA) is 8.17 Å². The predicted octanol–water partition coefficient (Wildman–Crippen LogP) is 18.4. The zero-order chi connectivity index (χ0) is 45.0. The lowest BCUT2D eigenvalue weighted by Gasteiger charge is -2.26. The largest absolute Gasteiger partial charge is 0.310 e. The molecule has 0 amide bonds. The van der Waals surface area contributed by atoms with E-state index in [1.54, 1.807) is 0 Å². The van der Waals surface area contributed by atoms with Crippen LogP contribution in [-0.2, 0) is 0 Å². The molecule has 0 saturated heterocycles. The van der Waals surface area contributed by atoms with E-state index < -0.39 is 0 Å². The molecule has 2 nitrogen and oxygen atoms in total. The van der Waals surface area contributed by atoms with Crippen LogP contribution in [0.4, 0.5) is 17.1 Å². The summed E-state index contributed by atoms with van der Waals surface area (Å²) < 4.78 is 2.45. The third-order valence-electron chi connectivity index (χ3n) is 13.8. The van der Waals surface area contributed by atoms with E-state index in [1.807, 2.05) is 0 Å². The van der Waals surface area contributed by atoms with Gasteiger partial charge in [0.25, 0.3) is 0 Å². The molecule has 0 fully saturated rings. The van der Waals surface area contributed by atoms with Crippen LogP contribution < -0.4 is 4.90 Å². The summed E-state index contributed by atoms with van der Waals surface area (Å²) in [7, 11) is 0. The second kappa shape index (κ2) is 16.5. The van der Waals surface area contributed by atoms with E-state index in [-0.39, 0.29) is 0 Å².